The third-order valence-corrected chi connectivity index (χ3v) is 2.63. The number of aliphatic hydroxyl groups is 1. The van der Waals surface area contributed by atoms with Crippen LogP contribution >= 0.6 is 11.6 Å². The van der Waals surface area contributed by atoms with Crippen molar-refractivity contribution in [1.82, 2.24) is 4.90 Å². The number of benzene rings is 1. The molecule has 0 fully saturated rings. The quantitative estimate of drug-likeness (QED) is 0.784. The molecule has 1 amide bonds. The molecule has 1 aromatic carbocycles. The van der Waals surface area contributed by atoms with Gasteiger partial charge >= 0.3 is 0 Å². The highest BCUT2D eigenvalue weighted by Crippen LogP contribution is 2.20. The molecule has 5 heteroatoms. The van der Waals surface area contributed by atoms with Crippen LogP contribution < -0.4 is 5.73 Å². The number of likely N-dealkylation sites (N-methyl/N-ethyl adjacent to an activating group) is 1. The lowest BCUT2D eigenvalue weighted by Gasteiger charge is -2.19. The third kappa shape index (κ3) is 2.87. The van der Waals surface area contributed by atoms with Crippen LogP contribution in [0.15, 0.2) is 18.2 Å². The number of nitrogens with two attached hydrogens (primary N) is 1. The largest absolute Gasteiger partial charge is 0.398 e. The number of anilines is 1. The SMILES string of the molecule is CCN(CCO)C(=O)c1ccc(Cl)c(N)c1. The van der Waals surface area contributed by atoms with Crippen molar-refractivity contribution in [2.75, 3.05) is 25.4 Å². The Kier molecular flexibility index (Phi) is 4.58. The average Bonchev–Trinajstić information content (AvgIpc) is 2.28. The molecular weight excluding hydrogens is 228 g/mol. The maximum atomic E-state index is 11.9. The molecule has 88 valence electrons. The van der Waals surface area contributed by atoms with Crippen LogP contribution in [0, 0.1) is 0 Å². The molecule has 0 saturated carbocycles. The minimum absolute atomic E-state index is 0.0529. The highest BCUT2D eigenvalue weighted by molar-refractivity contribution is 6.33. The topological polar surface area (TPSA) is 66.6 Å². The fourth-order valence-corrected chi connectivity index (χ4v) is 1.50. The Morgan fingerprint density at radius 2 is 2.25 bits per heavy atom. The molecule has 0 spiro atoms. The molecule has 0 heterocycles. The van der Waals surface area contributed by atoms with Crippen molar-refractivity contribution in [1.29, 1.82) is 0 Å². The van der Waals surface area contributed by atoms with Crippen molar-refractivity contribution in [3.8, 4) is 0 Å². The first-order chi connectivity index (χ1) is 7.60. The molecule has 0 aromatic heterocycles. The van der Waals surface area contributed by atoms with Crippen LogP contribution in [0.4, 0.5) is 5.69 Å². The molecule has 0 radical (unpaired) electrons. The summed E-state index contributed by atoms with van der Waals surface area (Å²) in [6.45, 7) is 2.66. The van der Waals surface area contributed by atoms with Gasteiger partial charge in [0.25, 0.3) is 5.91 Å². The van der Waals surface area contributed by atoms with Crippen molar-refractivity contribution in [3.05, 3.63) is 28.8 Å². The fraction of sp³-hybridized carbons (Fsp3) is 0.364. The van der Waals surface area contributed by atoms with E-state index in [2.05, 4.69) is 0 Å². The predicted octanol–water partition coefficient (Wildman–Crippen LogP) is 1.38. The summed E-state index contributed by atoms with van der Waals surface area (Å²) in [6, 6.07) is 4.77. The molecule has 0 aliphatic rings. The maximum absolute atomic E-state index is 11.9. The Hall–Kier alpha value is -1.26. The number of rotatable bonds is 4. The predicted molar refractivity (Wildman–Crippen MR) is 64.5 cm³/mol. The van der Waals surface area contributed by atoms with E-state index in [-0.39, 0.29) is 12.5 Å². The van der Waals surface area contributed by atoms with Gasteiger partial charge in [0.05, 0.1) is 17.3 Å². The first-order valence-corrected chi connectivity index (χ1v) is 5.43. The minimum Gasteiger partial charge on any atom is -0.398 e. The molecular formula is C11H15ClN2O2. The van der Waals surface area contributed by atoms with Gasteiger partial charge in [0.1, 0.15) is 0 Å². The molecule has 1 aromatic rings. The van der Waals surface area contributed by atoms with Gasteiger partial charge < -0.3 is 15.7 Å². The molecule has 0 aliphatic carbocycles. The average molecular weight is 243 g/mol. The van der Waals surface area contributed by atoms with Gasteiger partial charge in [-0.25, -0.2) is 0 Å². The first kappa shape index (κ1) is 12.8. The number of hydrogen-bond acceptors (Lipinski definition) is 3. The molecule has 0 unspecified atom stereocenters. The van der Waals surface area contributed by atoms with E-state index in [4.69, 9.17) is 22.4 Å². The van der Waals surface area contributed by atoms with E-state index in [1.807, 2.05) is 6.92 Å². The molecule has 0 aliphatic heterocycles. The molecule has 16 heavy (non-hydrogen) atoms. The number of carbonyl (C=O) groups is 1. The number of carbonyl (C=O) groups excluding carboxylic acids is 1. The zero-order valence-electron chi connectivity index (χ0n) is 9.11. The highest BCUT2D eigenvalue weighted by Gasteiger charge is 2.14. The standard InChI is InChI=1S/C11H15ClN2O2/c1-2-14(5-6-15)11(16)8-3-4-9(12)10(13)7-8/h3-4,7,15H,2,5-6,13H2,1H3. The van der Waals surface area contributed by atoms with E-state index in [1.54, 1.807) is 23.1 Å². The highest BCUT2D eigenvalue weighted by atomic mass is 35.5. The summed E-state index contributed by atoms with van der Waals surface area (Å²) in [6.07, 6.45) is 0. The summed E-state index contributed by atoms with van der Waals surface area (Å²) in [5.41, 5.74) is 6.49. The van der Waals surface area contributed by atoms with Gasteiger partial charge in [-0.05, 0) is 25.1 Å². The lowest BCUT2D eigenvalue weighted by atomic mass is 10.1. The lowest BCUT2D eigenvalue weighted by molar-refractivity contribution is 0.0732. The van der Waals surface area contributed by atoms with E-state index < -0.39 is 0 Å². The maximum Gasteiger partial charge on any atom is 0.253 e. The van der Waals surface area contributed by atoms with Crippen LogP contribution in [-0.4, -0.2) is 35.6 Å². The second kappa shape index (κ2) is 5.72. The number of hydrogen-bond donors (Lipinski definition) is 2. The monoisotopic (exact) mass is 242 g/mol. The number of nitrogen functional groups attached to an aromatic ring is 1. The Balaban J connectivity index is 2.90. The summed E-state index contributed by atoms with van der Waals surface area (Å²) in [5.74, 6) is -0.153. The lowest BCUT2D eigenvalue weighted by Crippen LogP contribution is -2.33. The zero-order valence-corrected chi connectivity index (χ0v) is 9.87. The van der Waals surface area contributed by atoms with Gasteiger partial charge in [0.2, 0.25) is 0 Å². The van der Waals surface area contributed by atoms with Crippen molar-refractivity contribution < 1.29 is 9.90 Å². The van der Waals surface area contributed by atoms with Crippen LogP contribution in [0.5, 0.6) is 0 Å². The second-order valence-corrected chi connectivity index (χ2v) is 3.75. The Labute approximate surface area is 99.6 Å². The normalized spacial score (nSPS) is 10.2. The van der Waals surface area contributed by atoms with Gasteiger partial charge in [-0.2, -0.15) is 0 Å². The first-order valence-electron chi connectivity index (χ1n) is 5.05. The zero-order chi connectivity index (χ0) is 12.1. The molecule has 0 saturated heterocycles. The van der Waals surface area contributed by atoms with Crippen LogP contribution in [-0.2, 0) is 0 Å². The summed E-state index contributed by atoms with van der Waals surface area (Å²) in [4.78, 5) is 13.5. The molecule has 3 N–H and O–H groups in total. The van der Waals surface area contributed by atoms with Gasteiger partial charge in [0.15, 0.2) is 0 Å². The molecule has 0 bridgehead atoms. The molecule has 1 rings (SSSR count). The minimum atomic E-state index is -0.153. The van der Waals surface area contributed by atoms with E-state index >= 15 is 0 Å². The van der Waals surface area contributed by atoms with Crippen LogP contribution in [0.1, 0.15) is 17.3 Å². The van der Waals surface area contributed by atoms with E-state index in [0.717, 1.165) is 0 Å². The van der Waals surface area contributed by atoms with Crippen LogP contribution in [0.3, 0.4) is 0 Å². The number of halogens is 1. The van der Waals surface area contributed by atoms with E-state index in [1.165, 1.54) is 0 Å². The Morgan fingerprint density at radius 3 is 2.75 bits per heavy atom. The van der Waals surface area contributed by atoms with Crippen molar-refractivity contribution in [2.24, 2.45) is 0 Å². The van der Waals surface area contributed by atoms with Gasteiger partial charge in [-0.1, -0.05) is 11.6 Å². The summed E-state index contributed by atoms with van der Waals surface area (Å²) in [5, 5.41) is 9.25. The van der Waals surface area contributed by atoms with Gasteiger partial charge in [0, 0.05) is 18.7 Å². The summed E-state index contributed by atoms with van der Waals surface area (Å²) in [7, 11) is 0. The van der Waals surface area contributed by atoms with Gasteiger partial charge in [-0.3, -0.25) is 4.79 Å². The summed E-state index contributed by atoms with van der Waals surface area (Å²) >= 11 is 5.77. The number of nitrogens with zero attached hydrogens (tertiary/aromatic N) is 1. The van der Waals surface area contributed by atoms with Crippen LogP contribution in [0.2, 0.25) is 5.02 Å². The van der Waals surface area contributed by atoms with Gasteiger partial charge in [-0.15, -0.1) is 0 Å². The smallest absolute Gasteiger partial charge is 0.253 e. The fourth-order valence-electron chi connectivity index (χ4n) is 1.38. The molecule has 4 nitrogen and oxygen atoms in total. The third-order valence-electron chi connectivity index (χ3n) is 2.28. The number of aliphatic hydroxyl groups excluding tert-OH is 1. The van der Waals surface area contributed by atoms with Crippen molar-refractivity contribution >= 4 is 23.2 Å². The number of amides is 1. The van der Waals surface area contributed by atoms with Crippen molar-refractivity contribution in [3.63, 3.8) is 0 Å². The Morgan fingerprint density at radius 1 is 1.56 bits per heavy atom. The summed E-state index contributed by atoms with van der Waals surface area (Å²) < 4.78 is 0. The van der Waals surface area contributed by atoms with Crippen LogP contribution in [0.25, 0.3) is 0 Å². The van der Waals surface area contributed by atoms with E-state index in [0.29, 0.717) is 29.4 Å². The molecule has 0 atom stereocenters. The Bertz CT molecular complexity index is 382. The second-order valence-electron chi connectivity index (χ2n) is 3.34. The van der Waals surface area contributed by atoms with Crippen molar-refractivity contribution in [2.45, 2.75) is 6.92 Å². The van der Waals surface area contributed by atoms with E-state index in [9.17, 15) is 4.79 Å².